The lowest BCUT2D eigenvalue weighted by atomic mass is 9.75. The largest absolute Gasteiger partial charge is 0.352 e. The molecule has 19 heavy (non-hydrogen) atoms. The molecule has 2 aliphatic carbocycles. The summed E-state index contributed by atoms with van der Waals surface area (Å²) >= 11 is 0. The number of hydrogen-bond donors (Lipinski definition) is 2. The minimum absolute atomic E-state index is 0.102. The summed E-state index contributed by atoms with van der Waals surface area (Å²) in [6, 6.07) is 0.335. The van der Waals surface area contributed by atoms with E-state index in [4.69, 9.17) is 5.73 Å². The van der Waals surface area contributed by atoms with Crippen LogP contribution in [0.4, 0.5) is 0 Å². The van der Waals surface area contributed by atoms with Crippen LogP contribution in [0.2, 0.25) is 0 Å². The topological polar surface area (TPSA) is 55.1 Å². The first kappa shape index (κ1) is 14.8. The van der Waals surface area contributed by atoms with Gasteiger partial charge in [0.1, 0.15) is 0 Å². The summed E-state index contributed by atoms with van der Waals surface area (Å²) in [6.07, 6.45) is 7.55. The van der Waals surface area contributed by atoms with Crippen LogP contribution in [0.25, 0.3) is 0 Å². The fourth-order valence-electron chi connectivity index (χ4n) is 3.99. The Morgan fingerprint density at radius 2 is 1.89 bits per heavy atom. The Balaban J connectivity index is 1.93. The highest BCUT2D eigenvalue weighted by atomic mass is 16.2. The van der Waals surface area contributed by atoms with Crippen molar-refractivity contribution in [3.05, 3.63) is 0 Å². The molecule has 3 N–H and O–H groups in total. The third kappa shape index (κ3) is 3.50. The first-order valence-electron chi connectivity index (χ1n) is 8.00. The predicted octanol–water partition coefficient (Wildman–Crippen LogP) is 2.83. The van der Waals surface area contributed by atoms with E-state index in [9.17, 15) is 4.79 Å². The van der Waals surface area contributed by atoms with Gasteiger partial charge in [0.05, 0.1) is 5.54 Å². The maximum absolute atomic E-state index is 12.5. The molecule has 0 aromatic rings. The molecule has 2 saturated carbocycles. The molecule has 110 valence electrons. The van der Waals surface area contributed by atoms with E-state index in [1.807, 2.05) is 0 Å². The van der Waals surface area contributed by atoms with Crippen molar-refractivity contribution in [2.24, 2.45) is 23.5 Å². The van der Waals surface area contributed by atoms with Crippen molar-refractivity contribution in [3.63, 3.8) is 0 Å². The van der Waals surface area contributed by atoms with Crippen LogP contribution in [-0.4, -0.2) is 17.5 Å². The Morgan fingerprint density at radius 3 is 2.53 bits per heavy atom. The van der Waals surface area contributed by atoms with Gasteiger partial charge in [-0.2, -0.15) is 0 Å². The molecule has 2 rings (SSSR count). The Bertz CT molecular complexity index is 331. The van der Waals surface area contributed by atoms with Crippen molar-refractivity contribution >= 4 is 5.91 Å². The van der Waals surface area contributed by atoms with Gasteiger partial charge in [0, 0.05) is 6.04 Å². The lowest BCUT2D eigenvalue weighted by Crippen LogP contribution is -2.59. The van der Waals surface area contributed by atoms with Gasteiger partial charge in [0.25, 0.3) is 0 Å². The van der Waals surface area contributed by atoms with Crippen LogP contribution in [0.5, 0.6) is 0 Å². The summed E-state index contributed by atoms with van der Waals surface area (Å²) in [7, 11) is 0. The molecule has 0 heterocycles. The minimum atomic E-state index is -0.611. The lowest BCUT2D eigenvalue weighted by molar-refractivity contribution is -0.129. The van der Waals surface area contributed by atoms with Crippen molar-refractivity contribution in [1.29, 1.82) is 0 Å². The Morgan fingerprint density at radius 1 is 1.16 bits per heavy atom. The van der Waals surface area contributed by atoms with E-state index in [1.54, 1.807) is 0 Å². The molecule has 2 aliphatic rings. The van der Waals surface area contributed by atoms with Gasteiger partial charge in [-0.05, 0) is 49.9 Å². The summed E-state index contributed by atoms with van der Waals surface area (Å²) in [5, 5.41) is 3.26. The van der Waals surface area contributed by atoms with Crippen molar-refractivity contribution in [2.45, 2.75) is 77.3 Å². The van der Waals surface area contributed by atoms with Crippen molar-refractivity contribution < 1.29 is 4.79 Å². The van der Waals surface area contributed by atoms with Crippen molar-refractivity contribution in [3.8, 4) is 0 Å². The maximum Gasteiger partial charge on any atom is 0.240 e. The SMILES string of the molecule is CC1CCC(NC(=O)C2(N)CCCC(C)C2)C(C)C1. The molecule has 3 heteroatoms. The molecule has 3 nitrogen and oxygen atoms in total. The molecule has 1 amide bonds. The van der Waals surface area contributed by atoms with Crippen LogP contribution in [0.1, 0.15) is 65.7 Å². The van der Waals surface area contributed by atoms with E-state index in [0.717, 1.165) is 31.6 Å². The number of rotatable bonds is 2. The predicted molar refractivity (Wildman–Crippen MR) is 78.7 cm³/mol. The fourth-order valence-corrected chi connectivity index (χ4v) is 3.99. The van der Waals surface area contributed by atoms with Gasteiger partial charge < -0.3 is 11.1 Å². The summed E-state index contributed by atoms with van der Waals surface area (Å²) in [5.74, 6) is 2.06. The molecular formula is C16H30N2O. The summed E-state index contributed by atoms with van der Waals surface area (Å²) in [6.45, 7) is 6.77. The smallest absolute Gasteiger partial charge is 0.240 e. The average molecular weight is 266 g/mol. The first-order chi connectivity index (χ1) is 8.90. The molecule has 2 fully saturated rings. The highest BCUT2D eigenvalue weighted by Gasteiger charge is 2.39. The molecule has 0 aromatic carbocycles. The monoisotopic (exact) mass is 266 g/mol. The molecule has 5 atom stereocenters. The van der Waals surface area contributed by atoms with E-state index in [1.165, 1.54) is 19.3 Å². The number of carbonyl (C=O) groups is 1. The Hall–Kier alpha value is -0.570. The highest BCUT2D eigenvalue weighted by molar-refractivity contribution is 5.86. The number of hydrogen-bond acceptors (Lipinski definition) is 2. The molecule has 0 spiro atoms. The molecular weight excluding hydrogens is 236 g/mol. The third-order valence-electron chi connectivity index (χ3n) is 5.23. The summed E-state index contributed by atoms with van der Waals surface area (Å²) in [5.41, 5.74) is 5.76. The van der Waals surface area contributed by atoms with E-state index in [-0.39, 0.29) is 5.91 Å². The van der Waals surface area contributed by atoms with Gasteiger partial charge in [0.15, 0.2) is 0 Å². The van der Waals surface area contributed by atoms with E-state index in [0.29, 0.717) is 17.9 Å². The zero-order chi connectivity index (χ0) is 14.0. The summed E-state index contributed by atoms with van der Waals surface area (Å²) < 4.78 is 0. The van der Waals surface area contributed by atoms with Gasteiger partial charge in [-0.25, -0.2) is 0 Å². The second-order valence-electron chi connectivity index (χ2n) is 7.33. The van der Waals surface area contributed by atoms with Crippen molar-refractivity contribution in [2.75, 3.05) is 0 Å². The molecule has 0 saturated heterocycles. The van der Waals surface area contributed by atoms with E-state index < -0.39 is 5.54 Å². The lowest BCUT2D eigenvalue weighted by Gasteiger charge is -2.39. The molecule has 0 aliphatic heterocycles. The second-order valence-corrected chi connectivity index (χ2v) is 7.33. The molecule has 0 aromatic heterocycles. The minimum Gasteiger partial charge on any atom is -0.352 e. The first-order valence-corrected chi connectivity index (χ1v) is 8.00. The van der Waals surface area contributed by atoms with Crippen LogP contribution in [0, 0.1) is 17.8 Å². The zero-order valence-corrected chi connectivity index (χ0v) is 12.7. The second kappa shape index (κ2) is 5.82. The maximum atomic E-state index is 12.5. The van der Waals surface area contributed by atoms with E-state index in [2.05, 4.69) is 26.1 Å². The quantitative estimate of drug-likeness (QED) is 0.807. The van der Waals surface area contributed by atoms with Crippen LogP contribution in [0.3, 0.4) is 0 Å². The summed E-state index contributed by atoms with van der Waals surface area (Å²) in [4.78, 5) is 12.5. The average Bonchev–Trinajstić information content (AvgIpc) is 2.32. The Labute approximate surface area is 117 Å². The highest BCUT2D eigenvalue weighted by Crippen LogP contribution is 2.32. The number of carbonyl (C=O) groups excluding carboxylic acids is 1. The number of nitrogens with one attached hydrogen (secondary N) is 1. The van der Waals surface area contributed by atoms with Crippen LogP contribution < -0.4 is 11.1 Å². The van der Waals surface area contributed by atoms with Crippen LogP contribution in [-0.2, 0) is 4.79 Å². The standard InChI is InChI=1S/C16H30N2O/c1-11-6-7-14(13(3)9-11)18-15(19)16(17)8-4-5-12(2)10-16/h11-14H,4-10,17H2,1-3H3,(H,18,19). The van der Waals surface area contributed by atoms with Crippen molar-refractivity contribution in [1.82, 2.24) is 5.32 Å². The molecule has 5 unspecified atom stereocenters. The molecule has 0 bridgehead atoms. The van der Waals surface area contributed by atoms with Gasteiger partial charge in [-0.1, -0.05) is 33.6 Å². The van der Waals surface area contributed by atoms with Gasteiger partial charge in [-0.15, -0.1) is 0 Å². The van der Waals surface area contributed by atoms with Gasteiger partial charge in [0.2, 0.25) is 5.91 Å². The van der Waals surface area contributed by atoms with Gasteiger partial charge >= 0.3 is 0 Å². The van der Waals surface area contributed by atoms with Gasteiger partial charge in [-0.3, -0.25) is 4.79 Å². The van der Waals surface area contributed by atoms with E-state index >= 15 is 0 Å². The van der Waals surface area contributed by atoms with Crippen LogP contribution in [0.15, 0.2) is 0 Å². The Kier molecular flexibility index (Phi) is 4.54. The third-order valence-corrected chi connectivity index (χ3v) is 5.23. The normalized spacial score (nSPS) is 43.8. The zero-order valence-electron chi connectivity index (χ0n) is 12.7. The number of nitrogens with two attached hydrogens (primary N) is 1. The molecule has 0 radical (unpaired) electrons. The fraction of sp³-hybridized carbons (Fsp3) is 0.938. The van der Waals surface area contributed by atoms with Crippen LogP contribution >= 0.6 is 0 Å². The number of amides is 1.